The van der Waals surface area contributed by atoms with E-state index in [1.165, 1.54) is 48.1 Å². The molecule has 1 unspecified atom stereocenters. The van der Waals surface area contributed by atoms with Crippen molar-refractivity contribution in [1.29, 1.82) is 0 Å². The smallest absolute Gasteiger partial charge is 0.185 e. The number of hydrogen-bond donors (Lipinski definition) is 1. The SMILES string of the molecule is CCc1nc(N2CCCC(CC)C2)sc1CNCCOC. The predicted octanol–water partition coefficient (Wildman–Crippen LogP) is 3.07. The lowest BCUT2D eigenvalue weighted by atomic mass is 9.96. The summed E-state index contributed by atoms with van der Waals surface area (Å²) in [7, 11) is 1.74. The summed E-state index contributed by atoms with van der Waals surface area (Å²) in [4.78, 5) is 8.78. The summed E-state index contributed by atoms with van der Waals surface area (Å²) in [6.07, 6.45) is 4.99. The number of hydrogen-bond acceptors (Lipinski definition) is 5. The summed E-state index contributed by atoms with van der Waals surface area (Å²) < 4.78 is 5.08. The van der Waals surface area contributed by atoms with Gasteiger partial charge in [-0.2, -0.15) is 0 Å². The van der Waals surface area contributed by atoms with Gasteiger partial charge in [0.05, 0.1) is 12.3 Å². The Morgan fingerprint density at radius 3 is 3.00 bits per heavy atom. The first-order valence-electron chi connectivity index (χ1n) is 8.21. The van der Waals surface area contributed by atoms with Crippen LogP contribution >= 0.6 is 11.3 Å². The van der Waals surface area contributed by atoms with Crippen molar-refractivity contribution < 1.29 is 4.74 Å². The third-order valence-corrected chi connectivity index (χ3v) is 5.40. The third kappa shape index (κ3) is 4.66. The zero-order valence-corrected chi connectivity index (χ0v) is 14.5. The highest BCUT2D eigenvalue weighted by molar-refractivity contribution is 7.15. The number of nitrogens with zero attached hydrogens (tertiary/aromatic N) is 2. The standard InChI is InChI=1S/C16H29N3OS/c1-4-13-7-6-9-19(12-13)16-18-14(5-2)15(21-16)11-17-8-10-20-3/h13,17H,4-12H2,1-3H3. The molecule has 0 bridgehead atoms. The number of anilines is 1. The van der Waals surface area contributed by atoms with Crippen LogP contribution in [0, 0.1) is 5.92 Å². The molecule has 0 aromatic carbocycles. The van der Waals surface area contributed by atoms with E-state index in [-0.39, 0.29) is 0 Å². The van der Waals surface area contributed by atoms with Crippen molar-refractivity contribution in [3.8, 4) is 0 Å². The molecule has 1 saturated heterocycles. The fraction of sp³-hybridized carbons (Fsp3) is 0.812. The van der Waals surface area contributed by atoms with Gasteiger partial charge in [0.15, 0.2) is 5.13 Å². The molecule has 1 atom stereocenters. The van der Waals surface area contributed by atoms with Crippen LogP contribution in [-0.2, 0) is 17.7 Å². The van der Waals surface area contributed by atoms with Crippen molar-refractivity contribution in [2.24, 2.45) is 5.92 Å². The van der Waals surface area contributed by atoms with Gasteiger partial charge >= 0.3 is 0 Å². The molecule has 1 aliphatic rings. The predicted molar refractivity (Wildman–Crippen MR) is 90.3 cm³/mol. The Bertz CT molecular complexity index is 422. The minimum Gasteiger partial charge on any atom is -0.383 e. The lowest BCUT2D eigenvalue weighted by Crippen LogP contribution is -2.35. The highest BCUT2D eigenvalue weighted by Gasteiger charge is 2.22. The molecule has 5 heteroatoms. The molecular formula is C16H29N3OS. The Hall–Kier alpha value is -0.650. The molecular weight excluding hydrogens is 282 g/mol. The van der Waals surface area contributed by atoms with Crippen LogP contribution in [-0.4, -0.2) is 38.3 Å². The molecule has 2 heterocycles. The van der Waals surface area contributed by atoms with Gasteiger partial charge in [0.1, 0.15) is 0 Å². The second-order valence-electron chi connectivity index (χ2n) is 5.75. The lowest BCUT2D eigenvalue weighted by Gasteiger charge is -2.31. The number of aryl methyl sites for hydroxylation is 1. The van der Waals surface area contributed by atoms with Crippen LogP contribution in [0.1, 0.15) is 43.7 Å². The van der Waals surface area contributed by atoms with E-state index in [0.29, 0.717) is 0 Å². The molecule has 1 fully saturated rings. The molecule has 2 rings (SSSR count). The highest BCUT2D eigenvalue weighted by Crippen LogP contribution is 2.31. The molecule has 0 spiro atoms. The number of aromatic nitrogens is 1. The summed E-state index contributed by atoms with van der Waals surface area (Å²) in [5.74, 6) is 0.844. The highest BCUT2D eigenvalue weighted by atomic mass is 32.1. The summed E-state index contributed by atoms with van der Waals surface area (Å²) >= 11 is 1.87. The van der Waals surface area contributed by atoms with Crippen LogP contribution in [0.25, 0.3) is 0 Å². The fourth-order valence-electron chi connectivity index (χ4n) is 2.87. The van der Waals surface area contributed by atoms with E-state index >= 15 is 0 Å². The molecule has 0 radical (unpaired) electrons. The van der Waals surface area contributed by atoms with Crippen LogP contribution < -0.4 is 10.2 Å². The molecule has 0 aliphatic carbocycles. The van der Waals surface area contributed by atoms with E-state index in [2.05, 4.69) is 24.1 Å². The summed E-state index contributed by atoms with van der Waals surface area (Å²) in [6.45, 7) is 9.43. The van der Waals surface area contributed by atoms with Gasteiger partial charge in [-0.1, -0.05) is 20.3 Å². The first-order chi connectivity index (χ1) is 10.3. The molecule has 4 nitrogen and oxygen atoms in total. The van der Waals surface area contributed by atoms with Gasteiger partial charge in [0, 0.05) is 38.2 Å². The number of methoxy groups -OCH3 is 1. The van der Waals surface area contributed by atoms with Gasteiger partial charge < -0.3 is 15.0 Å². The average Bonchev–Trinajstić information content (AvgIpc) is 2.95. The Labute approximate surface area is 132 Å². The van der Waals surface area contributed by atoms with Crippen molar-refractivity contribution in [1.82, 2.24) is 10.3 Å². The van der Waals surface area contributed by atoms with Crippen LogP contribution in [0.5, 0.6) is 0 Å². The number of piperidine rings is 1. The second-order valence-corrected chi connectivity index (χ2v) is 6.81. The quantitative estimate of drug-likeness (QED) is 0.749. The largest absolute Gasteiger partial charge is 0.383 e. The Balaban J connectivity index is 1.98. The van der Waals surface area contributed by atoms with Gasteiger partial charge in [-0.25, -0.2) is 4.98 Å². The van der Waals surface area contributed by atoms with E-state index in [9.17, 15) is 0 Å². The summed E-state index contributed by atoms with van der Waals surface area (Å²) in [5, 5.41) is 4.67. The van der Waals surface area contributed by atoms with E-state index < -0.39 is 0 Å². The van der Waals surface area contributed by atoms with E-state index in [1.54, 1.807) is 7.11 Å². The maximum Gasteiger partial charge on any atom is 0.185 e. The molecule has 1 aromatic heterocycles. The van der Waals surface area contributed by atoms with Gasteiger partial charge in [-0.05, 0) is 25.2 Å². The van der Waals surface area contributed by atoms with Gasteiger partial charge in [-0.15, -0.1) is 11.3 Å². The minimum atomic E-state index is 0.761. The zero-order valence-electron chi connectivity index (χ0n) is 13.7. The number of rotatable bonds is 8. The molecule has 1 aromatic rings. The van der Waals surface area contributed by atoms with Crippen molar-refractivity contribution in [2.45, 2.75) is 46.1 Å². The monoisotopic (exact) mass is 311 g/mol. The summed E-state index contributed by atoms with van der Waals surface area (Å²) in [5.41, 5.74) is 1.26. The van der Waals surface area contributed by atoms with Crippen molar-refractivity contribution in [2.75, 3.05) is 38.3 Å². The zero-order chi connectivity index (χ0) is 15.1. The third-order valence-electron chi connectivity index (χ3n) is 4.24. The Morgan fingerprint density at radius 1 is 1.43 bits per heavy atom. The van der Waals surface area contributed by atoms with Crippen LogP contribution in [0.4, 0.5) is 5.13 Å². The van der Waals surface area contributed by atoms with Crippen LogP contribution in [0.2, 0.25) is 0 Å². The molecule has 0 saturated carbocycles. The van der Waals surface area contributed by atoms with Crippen molar-refractivity contribution >= 4 is 16.5 Å². The minimum absolute atomic E-state index is 0.761. The maximum atomic E-state index is 5.08. The van der Waals surface area contributed by atoms with Crippen LogP contribution in [0.3, 0.4) is 0 Å². The topological polar surface area (TPSA) is 37.4 Å². The summed E-state index contributed by atoms with van der Waals surface area (Å²) in [6, 6.07) is 0. The number of ether oxygens (including phenoxy) is 1. The average molecular weight is 311 g/mol. The second kappa shape index (κ2) is 8.71. The van der Waals surface area contributed by atoms with E-state index in [0.717, 1.165) is 32.0 Å². The van der Waals surface area contributed by atoms with Gasteiger partial charge in [0.25, 0.3) is 0 Å². The van der Waals surface area contributed by atoms with Gasteiger partial charge in [0.2, 0.25) is 0 Å². The lowest BCUT2D eigenvalue weighted by molar-refractivity contribution is 0.199. The molecule has 1 N–H and O–H groups in total. The van der Waals surface area contributed by atoms with Crippen molar-refractivity contribution in [3.63, 3.8) is 0 Å². The first kappa shape index (κ1) is 16.7. The first-order valence-corrected chi connectivity index (χ1v) is 9.03. The molecule has 21 heavy (non-hydrogen) atoms. The maximum absolute atomic E-state index is 5.08. The molecule has 0 amide bonds. The normalized spacial score (nSPS) is 19.2. The molecule has 120 valence electrons. The van der Waals surface area contributed by atoms with Crippen molar-refractivity contribution in [3.05, 3.63) is 10.6 Å². The van der Waals surface area contributed by atoms with E-state index in [4.69, 9.17) is 9.72 Å². The Morgan fingerprint density at radius 2 is 2.29 bits per heavy atom. The van der Waals surface area contributed by atoms with E-state index in [1.807, 2.05) is 11.3 Å². The molecule has 1 aliphatic heterocycles. The Kier molecular flexibility index (Phi) is 6.93. The number of nitrogens with one attached hydrogen (secondary N) is 1. The van der Waals surface area contributed by atoms with Crippen LogP contribution in [0.15, 0.2) is 0 Å². The fourth-order valence-corrected chi connectivity index (χ4v) is 4.02. The number of thiazole rings is 1. The van der Waals surface area contributed by atoms with Gasteiger partial charge in [-0.3, -0.25) is 0 Å².